The minimum Gasteiger partial charge on any atom is -0.465 e. The first-order valence-electron chi connectivity index (χ1n) is 11.7. The predicted octanol–water partition coefficient (Wildman–Crippen LogP) is 4.59. The summed E-state index contributed by atoms with van der Waals surface area (Å²) in [5.74, 6) is -2.47. The van der Waals surface area contributed by atoms with Gasteiger partial charge >= 0.3 is 5.97 Å². The molecular formula is C24H44O5. The normalized spacial score (nSPS) is 23.6. The van der Waals surface area contributed by atoms with Crippen molar-refractivity contribution in [3.8, 4) is 0 Å². The van der Waals surface area contributed by atoms with E-state index in [1.54, 1.807) is 0 Å². The number of methoxy groups -OCH3 is 1. The van der Waals surface area contributed by atoms with Gasteiger partial charge in [0.1, 0.15) is 0 Å². The average Bonchev–Trinajstić information content (AvgIpc) is 3.11. The van der Waals surface area contributed by atoms with Gasteiger partial charge in [0.2, 0.25) is 0 Å². The van der Waals surface area contributed by atoms with Gasteiger partial charge in [-0.1, -0.05) is 58.1 Å². The largest absolute Gasteiger partial charge is 0.465 e. The molecule has 0 aromatic carbocycles. The highest BCUT2D eigenvalue weighted by molar-refractivity contribution is 5.77. The van der Waals surface area contributed by atoms with E-state index in [0.717, 1.165) is 38.5 Å². The van der Waals surface area contributed by atoms with Crippen molar-refractivity contribution in [1.29, 1.82) is 0 Å². The SMILES string of the molecule is CCCCCCC=C[C@@H]1[C@@H](CCCCC(CC)C(O)(O)C(=O)OC)CC[C@H]1CO. The van der Waals surface area contributed by atoms with Crippen LogP contribution < -0.4 is 0 Å². The molecule has 0 saturated heterocycles. The third-order valence-electron chi connectivity index (χ3n) is 6.74. The summed E-state index contributed by atoms with van der Waals surface area (Å²) in [5, 5.41) is 29.9. The molecule has 5 heteroatoms. The topological polar surface area (TPSA) is 87.0 Å². The summed E-state index contributed by atoms with van der Waals surface area (Å²) in [7, 11) is 1.17. The Balaban J connectivity index is 2.46. The molecule has 1 saturated carbocycles. The van der Waals surface area contributed by atoms with Crippen LogP contribution in [0.3, 0.4) is 0 Å². The van der Waals surface area contributed by atoms with Crippen LogP contribution in [0.5, 0.6) is 0 Å². The molecule has 1 aliphatic carbocycles. The van der Waals surface area contributed by atoms with Crippen LogP contribution in [0.4, 0.5) is 0 Å². The van der Waals surface area contributed by atoms with E-state index in [1.807, 2.05) is 6.92 Å². The first-order chi connectivity index (χ1) is 13.9. The van der Waals surface area contributed by atoms with Gasteiger partial charge in [-0.05, 0) is 62.7 Å². The summed E-state index contributed by atoms with van der Waals surface area (Å²) < 4.78 is 4.52. The van der Waals surface area contributed by atoms with E-state index in [1.165, 1.54) is 32.8 Å². The minimum atomic E-state index is -2.40. The standard InChI is InChI=1S/C24H44O5/c1-4-6-7-8-9-10-15-22-19(16-17-20(22)18-25)13-11-12-14-21(5-2)24(27,28)23(26)29-3/h10,15,19-22,25,27-28H,4-9,11-14,16-18H2,1-3H3/t19-,20-,21?,22+/m0/s1. The Bertz CT molecular complexity index is 474. The zero-order valence-electron chi connectivity index (χ0n) is 18.8. The number of hydrogen-bond acceptors (Lipinski definition) is 5. The fraction of sp³-hybridized carbons (Fsp3) is 0.875. The van der Waals surface area contributed by atoms with Gasteiger partial charge < -0.3 is 20.1 Å². The van der Waals surface area contributed by atoms with Crippen molar-refractivity contribution in [3.05, 3.63) is 12.2 Å². The molecule has 0 heterocycles. The molecular weight excluding hydrogens is 368 g/mol. The molecule has 1 fully saturated rings. The second kappa shape index (κ2) is 14.2. The maximum Gasteiger partial charge on any atom is 0.366 e. The van der Waals surface area contributed by atoms with E-state index >= 15 is 0 Å². The van der Waals surface area contributed by atoms with Gasteiger partial charge in [0, 0.05) is 12.5 Å². The predicted molar refractivity (Wildman–Crippen MR) is 116 cm³/mol. The number of aliphatic hydroxyl groups excluding tert-OH is 1. The molecule has 1 unspecified atom stereocenters. The molecule has 0 aromatic heterocycles. The quantitative estimate of drug-likeness (QED) is 0.158. The van der Waals surface area contributed by atoms with E-state index < -0.39 is 17.7 Å². The van der Waals surface area contributed by atoms with Gasteiger partial charge in [-0.25, -0.2) is 4.79 Å². The second-order valence-electron chi connectivity index (χ2n) is 8.74. The summed E-state index contributed by atoms with van der Waals surface area (Å²) in [4.78, 5) is 11.6. The van der Waals surface area contributed by atoms with Gasteiger partial charge in [-0.2, -0.15) is 0 Å². The van der Waals surface area contributed by atoms with Crippen molar-refractivity contribution in [3.63, 3.8) is 0 Å². The Morgan fingerprint density at radius 1 is 1.10 bits per heavy atom. The highest BCUT2D eigenvalue weighted by Gasteiger charge is 2.42. The molecule has 0 amide bonds. The van der Waals surface area contributed by atoms with Crippen LogP contribution >= 0.6 is 0 Å². The van der Waals surface area contributed by atoms with Crippen molar-refractivity contribution >= 4 is 5.97 Å². The number of rotatable bonds is 15. The molecule has 1 rings (SSSR count). The molecule has 1 aliphatic rings. The molecule has 0 bridgehead atoms. The third-order valence-corrected chi connectivity index (χ3v) is 6.74. The lowest BCUT2D eigenvalue weighted by Crippen LogP contribution is -2.46. The Morgan fingerprint density at radius 2 is 1.83 bits per heavy atom. The van der Waals surface area contributed by atoms with Crippen LogP contribution in [0.25, 0.3) is 0 Å². The zero-order valence-corrected chi connectivity index (χ0v) is 18.8. The maximum absolute atomic E-state index is 11.6. The molecule has 0 spiro atoms. The van der Waals surface area contributed by atoms with Crippen molar-refractivity contribution in [2.45, 2.75) is 96.7 Å². The molecule has 29 heavy (non-hydrogen) atoms. The lowest BCUT2D eigenvalue weighted by molar-refractivity contribution is -0.226. The number of carbonyl (C=O) groups excluding carboxylic acids is 1. The number of esters is 1. The van der Waals surface area contributed by atoms with Gasteiger partial charge in [0.05, 0.1) is 7.11 Å². The average molecular weight is 413 g/mol. The van der Waals surface area contributed by atoms with Crippen molar-refractivity contribution < 1.29 is 24.9 Å². The van der Waals surface area contributed by atoms with Crippen molar-refractivity contribution in [2.24, 2.45) is 23.7 Å². The monoisotopic (exact) mass is 412 g/mol. The third kappa shape index (κ3) is 8.39. The van der Waals surface area contributed by atoms with E-state index in [-0.39, 0.29) is 6.61 Å². The van der Waals surface area contributed by atoms with Crippen molar-refractivity contribution in [2.75, 3.05) is 13.7 Å². The zero-order chi connectivity index (χ0) is 21.7. The highest BCUT2D eigenvalue weighted by atomic mass is 16.6. The fourth-order valence-corrected chi connectivity index (χ4v) is 4.81. The molecule has 0 radical (unpaired) electrons. The number of carbonyl (C=O) groups is 1. The number of ether oxygens (including phenoxy) is 1. The van der Waals surface area contributed by atoms with E-state index in [2.05, 4.69) is 23.8 Å². The van der Waals surface area contributed by atoms with Gasteiger partial charge in [0.25, 0.3) is 5.79 Å². The molecule has 170 valence electrons. The molecule has 5 nitrogen and oxygen atoms in total. The fourth-order valence-electron chi connectivity index (χ4n) is 4.81. The first-order valence-corrected chi connectivity index (χ1v) is 11.7. The summed E-state index contributed by atoms with van der Waals surface area (Å²) in [6.45, 7) is 4.35. The van der Waals surface area contributed by atoms with Crippen LogP contribution in [0, 0.1) is 23.7 Å². The minimum absolute atomic E-state index is 0.260. The number of hydrogen-bond donors (Lipinski definition) is 3. The van der Waals surface area contributed by atoms with E-state index in [0.29, 0.717) is 30.6 Å². The van der Waals surface area contributed by atoms with Gasteiger partial charge in [0.15, 0.2) is 0 Å². The Kier molecular flexibility index (Phi) is 12.8. The van der Waals surface area contributed by atoms with Gasteiger partial charge in [-0.15, -0.1) is 0 Å². The van der Waals surface area contributed by atoms with Crippen LogP contribution in [0.15, 0.2) is 12.2 Å². The molecule has 3 N–H and O–H groups in total. The van der Waals surface area contributed by atoms with Crippen LogP contribution in [-0.4, -0.2) is 40.8 Å². The number of aliphatic hydroxyl groups is 3. The Morgan fingerprint density at radius 3 is 2.45 bits per heavy atom. The Labute approximate surface area is 177 Å². The molecule has 4 atom stereocenters. The number of unbranched alkanes of at least 4 members (excludes halogenated alkanes) is 5. The van der Waals surface area contributed by atoms with Crippen LogP contribution in [0.2, 0.25) is 0 Å². The highest BCUT2D eigenvalue weighted by Crippen LogP contribution is 2.41. The maximum atomic E-state index is 11.6. The summed E-state index contributed by atoms with van der Waals surface area (Å²) >= 11 is 0. The molecule has 0 aromatic rings. The van der Waals surface area contributed by atoms with Crippen molar-refractivity contribution in [1.82, 2.24) is 0 Å². The van der Waals surface area contributed by atoms with E-state index in [4.69, 9.17) is 0 Å². The molecule has 0 aliphatic heterocycles. The first kappa shape index (κ1) is 26.1. The summed E-state index contributed by atoms with van der Waals surface area (Å²) in [6.07, 6.45) is 17.2. The van der Waals surface area contributed by atoms with Crippen LogP contribution in [0.1, 0.15) is 90.9 Å². The second-order valence-corrected chi connectivity index (χ2v) is 8.74. The smallest absolute Gasteiger partial charge is 0.366 e. The Hall–Kier alpha value is -0.910. The lowest BCUT2D eigenvalue weighted by atomic mass is 9.84. The van der Waals surface area contributed by atoms with E-state index in [9.17, 15) is 20.1 Å². The lowest BCUT2D eigenvalue weighted by Gasteiger charge is -2.28. The van der Waals surface area contributed by atoms with Crippen LogP contribution in [-0.2, 0) is 9.53 Å². The number of allylic oxidation sites excluding steroid dienone is 2. The summed E-state index contributed by atoms with van der Waals surface area (Å²) in [5.41, 5.74) is 0. The summed E-state index contributed by atoms with van der Waals surface area (Å²) in [6, 6.07) is 0. The van der Waals surface area contributed by atoms with Gasteiger partial charge in [-0.3, -0.25) is 0 Å².